The van der Waals surface area contributed by atoms with Gasteiger partial charge in [-0.2, -0.15) is 5.10 Å². The molecule has 0 spiro atoms. The van der Waals surface area contributed by atoms with E-state index in [-0.39, 0.29) is 5.69 Å². The molecule has 0 unspecified atom stereocenters. The molecule has 2 N–H and O–H groups in total. The number of H-pyrrole nitrogens is 1. The predicted molar refractivity (Wildman–Crippen MR) is 71.5 cm³/mol. The number of hydrogen-bond donors (Lipinski definition) is 2. The van der Waals surface area contributed by atoms with E-state index in [0.29, 0.717) is 11.5 Å². The lowest BCUT2D eigenvalue weighted by Gasteiger charge is -2.08. The minimum atomic E-state index is -0.540. The molecule has 0 atom stereocenters. The van der Waals surface area contributed by atoms with Crippen molar-refractivity contribution in [1.29, 1.82) is 0 Å². The van der Waals surface area contributed by atoms with Crippen LogP contribution in [0.2, 0.25) is 0 Å². The van der Waals surface area contributed by atoms with Crippen LogP contribution in [0.5, 0.6) is 0 Å². The van der Waals surface area contributed by atoms with Crippen LogP contribution < -0.4 is 5.32 Å². The van der Waals surface area contributed by atoms with E-state index in [2.05, 4.69) is 20.5 Å². The molecular weight excluding hydrogens is 262 g/mol. The summed E-state index contributed by atoms with van der Waals surface area (Å²) < 4.78 is 26.7. The van der Waals surface area contributed by atoms with Crippen molar-refractivity contribution < 1.29 is 8.78 Å². The van der Waals surface area contributed by atoms with E-state index in [0.717, 1.165) is 23.8 Å². The molecule has 0 saturated heterocycles. The third-order valence-electron chi connectivity index (χ3n) is 2.73. The molecular formula is C14H10F2N4. The zero-order valence-electron chi connectivity index (χ0n) is 10.3. The van der Waals surface area contributed by atoms with Gasteiger partial charge in [0.05, 0.1) is 17.6 Å². The first kappa shape index (κ1) is 12.3. The van der Waals surface area contributed by atoms with Crippen LogP contribution in [-0.4, -0.2) is 15.2 Å². The van der Waals surface area contributed by atoms with Crippen molar-refractivity contribution in [1.82, 2.24) is 15.2 Å². The standard InChI is InChI=1S/C14H10F2N4/c15-10-4-5-11(16)13(6-10)20-14-3-1-2-12(19-14)9-7-17-18-8-9/h1-8H,(H,17,18)(H,19,20). The lowest BCUT2D eigenvalue weighted by Crippen LogP contribution is -1.97. The van der Waals surface area contributed by atoms with Crippen LogP contribution in [0.4, 0.5) is 20.3 Å². The van der Waals surface area contributed by atoms with E-state index in [9.17, 15) is 8.78 Å². The maximum atomic E-state index is 13.6. The van der Waals surface area contributed by atoms with Gasteiger partial charge in [-0.15, -0.1) is 0 Å². The molecule has 0 aliphatic carbocycles. The summed E-state index contributed by atoms with van der Waals surface area (Å²) in [4.78, 5) is 4.32. The Morgan fingerprint density at radius 2 is 2.00 bits per heavy atom. The fraction of sp³-hybridized carbons (Fsp3) is 0. The van der Waals surface area contributed by atoms with Gasteiger partial charge in [-0.3, -0.25) is 5.10 Å². The lowest BCUT2D eigenvalue weighted by atomic mass is 10.2. The molecule has 0 amide bonds. The minimum Gasteiger partial charge on any atom is -0.338 e. The van der Waals surface area contributed by atoms with E-state index >= 15 is 0 Å². The van der Waals surface area contributed by atoms with Gasteiger partial charge in [0.1, 0.15) is 17.5 Å². The highest BCUT2D eigenvalue weighted by Crippen LogP contribution is 2.22. The zero-order chi connectivity index (χ0) is 13.9. The summed E-state index contributed by atoms with van der Waals surface area (Å²) in [5.41, 5.74) is 1.54. The predicted octanol–water partition coefficient (Wildman–Crippen LogP) is 3.49. The first-order valence-corrected chi connectivity index (χ1v) is 5.91. The summed E-state index contributed by atoms with van der Waals surface area (Å²) in [5, 5.41) is 9.30. The second-order valence-corrected chi connectivity index (χ2v) is 4.14. The van der Waals surface area contributed by atoms with Gasteiger partial charge in [-0.05, 0) is 24.3 Å². The first-order chi connectivity index (χ1) is 9.72. The molecule has 2 heterocycles. The Balaban J connectivity index is 1.91. The Bertz CT molecular complexity index is 726. The van der Waals surface area contributed by atoms with Crippen LogP contribution in [0.15, 0.2) is 48.8 Å². The highest BCUT2D eigenvalue weighted by molar-refractivity contribution is 5.63. The molecule has 4 nitrogen and oxygen atoms in total. The van der Waals surface area contributed by atoms with E-state index in [1.54, 1.807) is 30.6 Å². The highest BCUT2D eigenvalue weighted by atomic mass is 19.1. The third-order valence-corrected chi connectivity index (χ3v) is 2.73. The number of benzene rings is 1. The molecule has 3 aromatic rings. The van der Waals surface area contributed by atoms with Gasteiger partial charge in [0.15, 0.2) is 0 Å². The van der Waals surface area contributed by atoms with Crippen molar-refractivity contribution in [3.63, 3.8) is 0 Å². The summed E-state index contributed by atoms with van der Waals surface area (Å²) in [6.07, 6.45) is 3.34. The number of rotatable bonds is 3. The Labute approximate surface area is 113 Å². The van der Waals surface area contributed by atoms with Gasteiger partial charge in [0.2, 0.25) is 0 Å². The van der Waals surface area contributed by atoms with Crippen LogP contribution in [0.3, 0.4) is 0 Å². The molecule has 2 aromatic heterocycles. The Hall–Kier alpha value is -2.76. The van der Waals surface area contributed by atoms with Crippen molar-refractivity contribution in [3.05, 3.63) is 60.4 Å². The molecule has 6 heteroatoms. The quantitative estimate of drug-likeness (QED) is 0.767. The molecule has 0 saturated carbocycles. The van der Waals surface area contributed by atoms with Gasteiger partial charge in [0.25, 0.3) is 0 Å². The smallest absolute Gasteiger partial charge is 0.146 e. The van der Waals surface area contributed by atoms with Crippen LogP contribution in [0, 0.1) is 11.6 Å². The number of nitrogens with zero attached hydrogens (tertiary/aromatic N) is 2. The second kappa shape index (κ2) is 5.08. The highest BCUT2D eigenvalue weighted by Gasteiger charge is 2.06. The number of aromatic amines is 1. The fourth-order valence-electron chi connectivity index (χ4n) is 1.79. The molecule has 3 rings (SSSR count). The van der Waals surface area contributed by atoms with Crippen molar-refractivity contribution in [2.45, 2.75) is 0 Å². The maximum absolute atomic E-state index is 13.6. The van der Waals surface area contributed by atoms with E-state index in [1.165, 1.54) is 0 Å². The van der Waals surface area contributed by atoms with Crippen LogP contribution in [0.1, 0.15) is 0 Å². The maximum Gasteiger partial charge on any atom is 0.146 e. The van der Waals surface area contributed by atoms with Crippen molar-refractivity contribution in [3.8, 4) is 11.3 Å². The van der Waals surface area contributed by atoms with E-state index in [4.69, 9.17) is 0 Å². The fourth-order valence-corrected chi connectivity index (χ4v) is 1.79. The molecule has 1 aromatic carbocycles. The lowest BCUT2D eigenvalue weighted by molar-refractivity contribution is 0.603. The average Bonchev–Trinajstić information content (AvgIpc) is 2.97. The molecule has 0 aliphatic rings. The number of halogens is 2. The summed E-state index contributed by atoms with van der Waals surface area (Å²) in [6.45, 7) is 0. The monoisotopic (exact) mass is 272 g/mol. The van der Waals surface area contributed by atoms with Crippen molar-refractivity contribution in [2.75, 3.05) is 5.32 Å². The molecule has 20 heavy (non-hydrogen) atoms. The molecule has 0 aliphatic heterocycles. The zero-order valence-corrected chi connectivity index (χ0v) is 10.3. The summed E-state index contributed by atoms with van der Waals surface area (Å²) in [7, 11) is 0. The van der Waals surface area contributed by atoms with Gasteiger partial charge in [-0.25, -0.2) is 13.8 Å². The normalized spacial score (nSPS) is 10.5. The minimum absolute atomic E-state index is 0.0434. The van der Waals surface area contributed by atoms with Crippen molar-refractivity contribution in [2.24, 2.45) is 0 Å². The van der Waals surface area contributed by atoms with Gasteiger partial charge < -0.3 is 5.32 Å². The molecule has 100 valence electrons. The topological polar surface area (TPSA) is 53.6 Å². The molecule has 0 bridgehead atoms. The van der Waals surface area contributed by atoms with Gasteiger partial charge in [0, 0.05) is 17.8 Å². The van der Waals surface area contributed by atoms with Crippen LogP contribution in [0.25, 0.3) is 11.3 Å². The second-order valence-electron chi connectivity index (χ2n) is 4.14. The van der Waals surface area contributed by atoms with E-state index < -0.39 is 11.6 Å². The van der Waals surface area contributed by atoms with Gasteiger partial charge >= 0.3 is 0 Å². The number of anilines is 2. The summed E-state index contributed by atoms with van der Waals surface area (Å²) in [6, 6.07) is 8.47. The van der Waals surface area contributed by atoms with Crippen LogP contribution in [-0.2, 0) is 0 Å². The summed E-state index contributed by atoms with van der Waals surface area (Å²) in [5.74, 6) is -0.630. The SMILES string of the molecule is Fc1ccc(F)c(Nc2cccc(-c3cn[nH]c3)n2)c1. The Kier molecular flexibility index (Phi) is 3.12. The van der Waals surface area contributed by atoms with Crippen molar-refractivity contribution >= 4 is 11.5 Å². The molecule has 0 fully saturated rings. The van der Waals surface area contributed by atoms with Gasteiger partial charge in [-0.1, -0.05) is 6.07 Å². The largest absolute Gasteiger partial charge is 0.338 e. The Morgan fingerprint density at radius 1 is 1.10 bits per heavy atom. The average molecular weight is 272 g/mol. The number of aromatic nitrogens is 3. The Morgan fingerprint density at radius 3 is 2.80 bits per heavy atom. The number of pyridine rings is 1. The van der Waals surface area contributed by atoms with Crippen LogP contribution >= 0.6 is 0 Å². The first-order valence-electron chi connectivity index (χ1n) is 5.91. The van der Waals surface area contributed by atoms with E-state index in [1.807, 2.05) is 0 Å². The number of nitrogens with one attached hydrogen (secondary N) is 2. The third kappa shape index (κ3) is 2.49. The molecule has 0 radical (unpaired) electrons. The number of hydrogen-bond acceptors (Lipinski definition) is 3. The summed E-state index contributed by atoms with van der Waals surface area (Å²) >= 11 is 0.